The average Bonchev–Trinajstić information content (AvgIpc) is 3.56. The quantitative estimate of drug-likeness (QED) is 0.502. The van der Waals surface area contributed by atoms with E-state index in [-0.39, 0.29) is 41.9 Å². The summed E-state index contributed by atoms with van der Waals surface area (Å²) in [6.45, 7) is 6.95. The Morgan fingerprint density at radius 1 is 1.23 bits per heavy atom. The maximum absolute atomic E-state index is 13.7. The van der Waals surface area contributed by atoms with Crippen LogP contribution in [-0.2, 0) is 16.1 Å². The number of benzene rings is 1. The number of nitrogens with one attached hydrogen (secondary N) is 2. The number of ether oxygens (including phenoxy) is 2. The van der Waals surface area contributed by atoms with Crippen molar-refractivity contribution in [3.05, 3.63) is 42.0 Å². The topological polar surface area (TPSA) is 115 Å². The van der Waals surface area contributed by atoms with Crippen LogP contribution in [0.2, 0.25) is 0 Å². The third-order valence-electron chi connectivity index (χ3n) is 6.29. The molecule has 1 fully saturated rings. The Labute approximate surface area is 205 Å². The summed E-state index contributed by atoms with van der Waals surface area (Å²) in [5, 5.41) is 5.75. The van der Waals surface area contributed by atoms with E-state index in [0.29, 0.717) is 31.0 Å². The molecule has 10 heteroatoms. The first kappa shape index (κ1) is 24.7. The number of fused-ring (bicyclic) bond motifs is 1. The van der Waals surface area contributed by atoms with E-state index in [1.54, 1.807) is 47.8 Å². The number of aromatic nitrogens is 2. The third kappa shape index (κ3) is 5.17. The van der Waals surface area contributed by atoms with Crippen LogP contribution in [0.3, 0.4) is 0 Å². The zero-order valence-electron chi connectivity index (χ0n) is 20.7. The molecule has 2 N–H and O–H groups in total. The van der Waals surface area contributed by atoms with Crippen LogP contribution in [0, 0.1) is 0 Å². The van der Waals surface area contributed by atoms with Gasteiger partial charge in [-0.3, -0.25) is 14.4 Å². The molecule has 1 unspecified atom stereocenters. The van der Waals surface area contributed by atoms with Crippen molar-refractivity contribution in [1.82, 2.24) is 19.8 Å². The van der Waals surface area contributed by atoms with Crippen LogP contribution in [0.4, 0.5) is 5.69 Å². The van der Waals surface area contributed by atoms with Gasteiger partial charge in [0.1, 0.15) is 17.0 Å². The Morgan fingerprint density at radius 3 is 2.57 bits per heavy atom. The number of anilines is 1. The van der Waals surface area contributed by atoms with E-state index in [4.69, 9.17) is 9.47 Å². The van der Waals surface area contributed by atoms with Crippen molar-refractivity contribution < 1.29 is 23.9 Å². The van der Waals surface area contributed by atoms with Gasteiger partial charge >= 0.3 is 0 Å². The minimum Gasteiger partial charge on any atom is -0.497 e. The molecule has 1 aromatic carbocycles. The number of carbonyl (C=O) groups excluding carboxylic acids is 3. The highest BCUT2D eigenvalue weighted by Crippen LogP contribution is 2.39. The first-order valence-corrected chi connectivity index (χ1v) is 12.0. The van der Waals surface area contributed by atoms with Crippen LogP contribution >= 0.6 is 0 Å². The molecule has 1 aliphatic carbocycles. The van der Waals surface area contributed by atoms with Crippen LogP contribution in [0.5, 0.6) is 5.75 Å². The third-order valence-corrected chi connectivity index (χ3v) is 6.29. The summed E-state index contributed by atoms with van der Waals surface area (Å²) in [6.07, 6.45) is 3.95. The van der Waals surface area contributed by atoms with Gasteiger partial charge in [0.05, 0.1) is 26.1 Å². The number of methoxy groups -OCH3 is 1. The molecule has 10 nitrogen and oxygen atoms in total. The van der Waals surface area contributed by atoms with E-state index in [9.17, 15) is 14.4 Å². The SMILES string of the molecule is COc1ccc(NC(=O)c2ncn3c2C(=O)N(C2CC2)C(C)(C(=O)NCCCOC(C)C)C3)cc1. The normalized spacial score (nSPS) is 19.5. The van der Waals surface area contributed by atoms with Gasteiger partial charge < -0.3 is 29.6 Å². The summed E-state index contributed by atoms with van der Waals surface area (Å²) >= 11 is 0. The van der Waals surface area contributed by atoms with Crippen LogP contribution in [0.1, 0.15) is 61.0 Å². The number of rotatable bonds is 10. The monoisotopic (exact) mass is 483 g/mol. The summed E-state index contributed by atoms with van der Waals surface area (Å²) in [5.41, 5.74) is -0.261. The molecule has 0 saturated heterocycles. The van der Waals surface area contributed by atoms with Gasteiger partial charge in [-0.15, -0.1) is 0 Å². The summed E-state index contributed by atoms with van der Waals surface area (Å²) in [4.78, 5) is 45.8. The van der Waals surface area contributed by atoms with Crippen LogP contribution < -0.4 is 15.4 Å². The van der Waals surface area contributed by atoms with Gasteiger partial charge in [0.25, 0.3) is 11.8 Å². The number of nitrogens with zero attached hydrogens (tertiary/aromatic N) is 3. The Kier molecular flexibility index (Phi) is 7.11. The van der Waals surface area contributed by atoms with Crippen molar-refractivity contribution in [2.75, 3.05) is 25.6 Å². The second-order valence-electron chi connectivity index (χ2n) is 9.46. The second-order valence-corrected chi connectivity index (χ2v) is 9.46. The lowest BCUT2D eigenvalue weighted by Crippen LogP contribution is -2.64. The molecule has 1 atom stereocenters. The fraction of sp³-hybridized carbons (Fsp3) is 0.520. The standard InChI is InChI=1S/C25H33N5O5/c1-16(2)35-13-5-12-26-24(33)25(3)14-29-15-27-20(21(29)23(32)30(25)18-8-9-18)22(31)28-17-6-10-19(34-4)11-7-17/h6-7,10-11,15-16,18H,5,8-9,12-14H2,1-4H3,(H,26,33)(H,28,31). The Bertz CT molecular complexity index is 1090. The second kappa shape index (κ2) is 10.1. The first-order valence-electron chi connectivity index (χ1n) is 12.0. The molecular weight excluding hydrogens is 450 g/mol. The van der Waals surface area contributed by atoms with Crippen molar-refractivity contribution in [3.63, 3.8) is 0 Å². The van der Waals surface area contributed by atoms with E-state index >= 15 is 0 Å². The molecule has 4 rings (SSSR count). The van der Waals surface area contributed by atoms with Gasteiger partial charge in [0.15, 0.2) is 5.69 Å². The van der Waals surface area contributed by atoms with Crippen molar-refractivity contribution >= 4 is 23.4 Å². The van der Waals surface area contributed by atoms with Crippen molar-refractivity contribution in [1.29, 1.82) is 0 Å². The maximum atomic E-state index is 13.7. The molecular formula is C25H33N5O5. The van der Waals surface area contributed by atoms with Crippen molar-refractivity contribution in [3.8, 4) is 5.75 Å². The molecule has 0 spiro atoms. The molecule has 1 aromatic heterocycles. The van der Waals surface area contributed by atoms with E-state index in [0.717, 1.165) is 12.8 Å². The summed E-state index contributed by atoms with van der Waals surface area (Å²) < 4.78 is 12.3. The number of hydrogen-bond donors (Lipinski definition) is 2. The predicted molar refractivity (Wildman–Crippen MR) is 129 cm³/mol. The minimum atomic E-state index is -1.07. The van der Waals surface area contributed by atoms with Crippen LogP contribution in [0.15, 0.2) is 30.6 Å². The van der Waals surface area contributed by atoms with Gasteiger partial charge in [-0.1, -0.05) is 0 Å². The molecule has 1 aliphatic heterocycles. The predicted octanol–water partition coefficient (Wildman–Crippen LogP) is 2.45. The van der Waals surface area contributed by atoms with E-state index in [2.05, 4.69) is 15.6 Å². The highest BCUT2D eigenvalue weighted by molar-refractivity contribution is 6.11. The molecule has 2 aliphatic rings. The zero-order chi connectivity index (χ0) is 25.2. The minimum absolute atomic E-state index is 0.0244. The fourth-order valence-corrected chi connectivity index (χ4v) is 4.37. The van der Waals surface area contributed by atoms with E-state index in [1.165, 1.54) is 6.33 Å². The van der Waals surface area contributed by atoms with Gasteiger partial charge in [-0.25, -0.2) is 4.98 Å². The van der Waals surface area contributed by atoms with Crippen molar-refractivity contribution in [2.24, 2.45) is 0 Å². The summed E-state index contributed by atoms with van der Waals surface area (Å²) in [6, 6.07) is 6.87. The van der Waals surface area contributed by atoms with Gasteiger partial charge in [0.2, 0.25) is 5.91 Å². The number of carbonyl (C=O) groups is 3. The van der Waals surface area contributed by atoms with Crippen molar-refractivity contribution in [2.45, 2.75) is 64.3 Å². The molecule has 2 aromatic rings. The van der Waals surface area contributed by atoms with Gasteiger partial charge in [0, 0.05) is 24.9 Å². The largest absolute Gasteiger partial charge is 0.497 e. The van der Waals surface area contributed by atoms with Crippen LogP contribution in [-0.4, -0.2) is 70.1 Å². The Hall–Kier alpha value is -3.40. The molecule has 188 valence electrons. The zero-order valence-corrected chi connectivity index (χ0v) is 20.7. The molecule has 0 radical (unpaired) electrons. The highest BCUT2D eigenvalue weighted by Gasteiger charge is 2.53. The molecule has 1 saturated carbocycles. The number of hydrogen-bond acceptors (Lipinski definition) is 6. The van der Waals surface area contributed by atoms with Gasteiger partial charge in [-0.2, -0.15) is 0 Å². The molecule has 35 heavy (non-hydrogen) atoms. The van der Waals surface area contributed by atoms with E-state index < -0.39 is 11.4 Å². The fourth-order valence-electron chi connectivity index (χ4n) is 4.37. The number of amides is 3. The van der Waals surface area contributed by atoms with Gasteiger partial charge in [-0.05, 0) is 64.3 Å². The highest BCUT2D eigenvalue weighted by atomic mass is 16.5. The molecule has 2 heterocycles. The van der Waals surface area contributed by atoms with Crippen LogP contribution in [0.25, 0.3) is 0 Å². The van der Waals surface area contributed by atoms with E-state index in [1.807, 2.05) is 13.8 Å². The lowest BCUT2D eigenvalue weighted by molar-refractivity contribution is -0.133. The molecule has 3 amide bonds. The lowest BCUT2D eigenvalue weighted by atomic mass is 9.94. The summed E-state index contributed by atoms with van der Waals surface area (Å²) in [5.74, 6) is -0.378. The maximum Gasteiger partial charge on any atom is 0.276 e. The smallest absolute Gasteiger partial charge is 0.276 e. The Balaban J connectivity index is 1.51. The lowest BCUT2D eigenvalue weighted by Gasteiger charge is -2.44. The number of imidazole rings is 1. The molecule has 0 bridgehead atoms. The summed E-state index contributed by atoms with van der Waals surface area (Å²) in [7, 11) is 1.57. The average molecular weight is 484 g/mol. The Morgan fingerprint density at radius 2 is 1.94 bits per heavy atom. The first-order chi connectivity index (χ1) is 16.7.